The number of carbonyl (C=O) groups excluding carboxylic acids is 1. The average Bonchev–Trinajstić information content (AvgIpc) is 3.02. The molecule has 0 bridgehead atoms. The van der Waals surface area contributed by atoms with Crippen LogP contribution in [0, 0.1) is 0 Å². The lowest BCUT2D eigenvalue weighted by molar-refractivity contribution is 0.0763. The molecule has 1 saturated heterocycles. The van der Waals surface area contributed by atoms with Crippen LogP contribution in [0.1, 0.15) is 61.4 Å². The molecule has 1 aliphatic rings. The van der Waals surface area contributed by atoms with Crippen molar-refractivity contribution < 1.29 is 4.79 Å². The highest BCUT2D eigenvalue weighted by atomic mass is 16.2. The summed E-state index contributed by atoms with van der Waals surface area (Å²) in [5.74, 6) is 1.32. The Kier molecular flexibility index (Phi) is 5.79. The maximum absolute atomic E-state index is 13.4. The van der Waals surface area contributed by atoms with Crippen molar-refractivity contribution in [2.45, 2.75) is 45.4 Å². The maximum atomic E-state index is 13.4. The van der Waals surface area contributed by atoms with Gasteiger partial charge in [-0.25, -0.2) is 4.98 Å². The summed E-state index contributed by atoms with van der Waals surface area (Å²) >= 11 is 0. The van der Waals surface area contributed by atoms with E-state index in [0.717, 1.165) is 48.1 Å². The molecule has 150 valence electrons. The third-order valence-electron chi connectivity index (χ3n) is 5.69. The summed E-state index contributed by atoms with van der Waals surface area (Å²) in [6.45, 7) is 6.06. The Morgan fingerprint density at radius 2 is 1.66 bits per heavy atom. The number of anilines is 2. The van der Waals surface area contributed by atoms with Crippen LogP contribution in [0.15, 0.2) is 54.6 Å². The van der Waals surface area contributed by atoms with Gasteiger partial charge in [-0.05, 0) is 48.6 Å². The highest BCUT2D eigenvalue weighted by Crippen LogP contribution is 2.26. The molecule has 4 rings (SSSR count). The third kappa shape index (κ3) is 4.42. The van der Waals surface area contributed by atoms with Gasteiger partial charge in [0.05, 0.1) is 11.1 Å². The summed E-state index contributed by atoms with van der Waals surface area (Å²) in [5.41, 5.74) is 3.86. The second kappa shape index (κ2) is 8.64. The number of nitrogens with zero attached hydrogens (tertiary/aromatic N) is 2. The van der Waals surface area contributed by atoms with Gasteiger partial charge in [-0.2, -0.15) is 0 Å². The molecule has 4 heteroatoms. The van der Waals surface area contributed by atoms with Crippen LogP contribution in [0.5, 0.6) is 0 Å². The van der Waals surface area contributed by atoms with Gasteiger partial charge in [-0.15, -0.1) is 0 Å². The Morgan fingerprint density at radius 3 is 2.34 bits per heavy atom. The van der Waals surface area contributed by atoms with Gasteiger partial charge in [0.1, 0.15) is 5.82 Å². The van der Waals surface area contributed by atoms with Crippen molar-refractivity contribution in [3.05, 3.63) is 65.7 Å². The van der Waals surface area contributed by atoms with Gasteiger partial charge < -0.3 is 10.2 Å². The highest BCUT2D eigenvalue weighted by molar-refractivity contribution is 6.07. The number of nitrogens with one attached hydrogen (secondary N) is 1. The minimum Gasteiger partial charge on any atom is -0.340 e. The molecule has 1 amide bonds. The van der Waals surface area contributed by atoms with Crippen LogP contribution in [0.3, 0.4) is 0 Å². The van der Waals surface area contributed by atoms with E-state index in [4.69, 9.17) is 4.98 Å². The van der Waals surface area contributed by atoms with Crippen LogP contribution in [0.2, 0.25) is 0 Å². The molecule has 0 radical (unpaired) electrons. The summed E-state index contributed by atoms with van der Waals surface area (Å²) in [7, 11) is 0. The molecule has 2 aromatic carbocycles. The molecular weight excluding hydrogens is 358 g/mol. The zero-order valence-electron chi connectivity index (χ0n) is 17.3. The smallest absolute Gasteiger partial charge is 0.254 e. The lowest BCUT2D eigenvalue weighted by Crippen LogP contribution is -2.32. The Hall–Kier alpha value is -2.88. The molecule has 1 aromatic heterocycles. The predicted molar refractivity (Wildman–Crippen MR) is 120 cm³/mol. The summed E-state index contributed by atoms with van der Waals surface area (Å²) in [4.78, 5) is 20.1. The van der Waals surface area contributed by atoms with E-state index in [1.165, 1.54) is 18.4 Å². The van der Waals surface area contributed by atoms with Crippen molar-refractivity contribution in [2.75, 3.05) is 18.4 Å². The molecule has 4 nitrogen and oxygen atoms in total. The van der Waals surface area contributed by atoms with Crippen molar-refractivity contribution in [3.63, 3.8) is 0 Å². The number of carbonyl (C=O) groups is 1. The predicted octanol–water partition coefficient (Wildman–Crippen LogP) is 6.12. The largest absolute Gasteiger partial charge is 0.340 e. The first-order valence-electron chi connectivity index (χ1n) is 10.7. The van der Waals surface area contributed by atoms with Gasteiger partial charge in [0.25, 0.3) is 5.91 Å². The minimum atomic E-state index is 0.115. The van der Waals surface area contributed by atoms with Crippen LogP contribution in [0.4, 0.5) is 11.5 Å². The van der Waals surface area contributed by atoms with E-state index in [1.54, 1.807) is 0 Å². The van der Waals surface area contributed by atoms with Crippen molar-refractivity contribution >= 4 is 28.3 Å². The van der Waals surface area contributed by atoms with Crippen LogP contribution in [-0.2, 0) is 0 Å². The van der Waals surface area contributed by atoms with Crippen LogP contribution in [-0.4, -0.2) is 28.9 Å². The molecule has 3 aromatic rings. The molecule has 29 heavy (non-hydrogen) atoms. The second-order valence-electron chi connectivity index (χ2n) is 8.18. The molecule has 0 aliphatic carbocycles. The van der Waals surface area contributed by atoms with Crippen LogP contribution < -0.4 is 5.32 Å². The molecule has 1 aliphatic heterocycles. The van der Waals surface area contributed by atoms with Crippen LogP contribution in [0.25, 0.3) is 10.9 Å². The molecule has 0 atom stereocenters. The first kappa shape index (κ1) is 19.4. The van der Waals surface area contributed by atoms with E-state index in [0.29, 0.717) is 11.7 Å². The zero-order chi connectivity index (χ0) is 20.2. The normalized spacial score (nSPS) is 14.8. The average molecular weight is 388 g/mol. The maximum Gasteiger partial charge on any atom is 0.254 e. The Bertz CT molecular complexity index is 987. The van der Waals surface area contributed by atoms with Gasteiger partial charge in [0, 0.05) is 24.2 Å². The summed E-state index contributed by atoms with van der Waals surface area (Å²) in [6, 6.07) is 18.2. The number of para-hydroxylation sites is 1. The topological polar surface area (TPSA) is 45.2 Å². The molecule has 0 spiro atoms. The van der Waals surface area contributed by atoms with Crippen molar-refractivity contribution in [2.24, 2.45) is 0 Å². The molecule has 1 fully saturated rings. The first-order valence-corrected chi connectivity index (χ1v) is 10.7. The summed E-state index contributed by atoms with van der Waals surface area (Å²) in [6.07, 6.45) is 4.59. The number of pyridine rings is 1. The standard InChI is InChI=1S/C25H29N3O/c1-18(2)19-11-13-20(14-12-19)26-24-17-22(21-9-5-6-10-23(21)27-24)25(29)28-15-7-3-4-8-16-28/h5-6,9-14,17-18H,3-4,7-8,15-16H2,1-2H3,(H,26,27). The van der Waals surface area contributed by atoms with Crippen molar-refractivity contribution in [1.82, 2.24) is 9.88 Å². The van der Waals surface area contributed by atoms with Gasteiger partial charge >= 0.3 is 0 Å². The second-order valence-corrected chi connectivity index (χ2v) is 8.18. The van der Waals surface area contributed by atoms with E-state index in [9.17, 15) is 4.79 Å². The monoisotopic (exact) mass is 387 g/mol. The number of rotatable bonds is 4. The van der Waals surface area contributed by atoms with Crippen molar-refractivity contribution in [1.29, 1.82) is 0 Å². The molecule has 1 N–H and O–H groups in total. The summed E-state index contributed by atoms with van der Waals surface area (Å²) < 4.78 is 0. The van der Waals surface area contributed by atoms with E-state index in [2.05, 4.69) is 43.4 Å². The Labute approximate surface area is 173 Å². The number of likely N-dealkylation sites (tertiary alicyclic amines) is 1. The fraction of sp³-hybridized carbons (Fsp3) is 0.360. The quantitative estimate of drug-likeness (QED) is 0.587. The first-order chi connectivity index (χ1) is 14.1. The molecule has 0 unspecified atom stereocenters. The highest BCUT2D eigenvalue weighted by Gasteiger charge is 2.20. The Balaban J connectivity index is 1.67. The third-order valence-corrected chi connectivity index (χ3v) is 5.69. The molecular formula is C25H29N3O. The molecule has 0 saturated carbocycles. The van der Waals surface area contributed by atoms with Gasteiger partial charge in [-0.3, -0.25) is 4.79 Å². The van der Waals surface area contributed by atoms with Gasteiger partial charge in [0.15, 0.2) is 0 Å². The molecule has 2 heterocycles. The van der Waals surface area contributed by atoms with E-state index in [1.807, 2.05) is 35.2 Å². The minimum absolute atomic E-state index is 0.115. The Morgan fingerprint density at radius 1 is 0.966 bits per heavy atom. The number of hydrogen-bond acceptors (Lipinski definition) is 3. The number of hydrogen-bond donors (Lipinski definition) is 1. The van der Waals surface area contributed by atoms with Crippen LogP contribution >= 0.6 is 0 Å². The number of aromatic nitrogens is 1. The van der Waals surface area contributed by atoms with E-state index >= 15 is 0 Å². The number of amides is 1. The number of fused-ring (bicyclic) bond motifs is 1. The zero-order valence-corrected chi connectivity index (χ0v) is 17.3. The SMILES string of the molecule is CC(C)c1ccc(Nc2cc(C(=O)N3CCCCCC3)c3ccccc3n2)cc1. The lowest BCUT2D eigenvalue weighted by atomic mass is 10.0. The van der Waals surface area contributed by atoms with Crippen molar-refractivity contribution in [3.8, 4) is 0 Å². The van der Waals surface area contributed by atoms with E-state index < -0.39 is 0 Å². The fourth-order valence-corrected chi connectivity index (χ4v) is 3.96. The van der Waals surface area contributed by atoms with E-state index in [-0.39, 0.29) is 5.91 Å². The van der Waals surface area contributed by atoms with Gasteiger partial charge in [-0.1, -0.05) is 57.0 Å². The summed E-state index contributed by atoms with van der Waals surface area (Å²) in [5, 5.41) is 4.31. The number of benzene rings is 2. The van der Waals surface area contributed by atoms with Gasteiger partial charge in [0.2, 0.25) is 0 Å². The lowest BCUT2D eigenvalue weighted by Gasteiger charge is -2.21. The fourth-order valence-electron chi connectivity index (χ4n) is 3.96.